The lowest BCUT2D eigenvalue weighted by molar-refractivity contribution is -0.150. The maximum Gasteiger partial charge on any atom is 0.327 e. The Balaban J connectivity index is 1.41. The van der Waals surface area contributed by atoms with Gasteiger partial charge in [0.05, 0.1) is 10.6 Å². The molecule has 10 heteroatoms. The van der Waals surface area contributed by atoms with Crippen LogP contribution in [0, 0.1) is 5.82 Å². The molecule has 0 radical (unpaired) electrons. The first-order valence-corrected chi connectivity index (χ1v) is 11.4. The van der Waals surface area contributed by atoms with Crippen molar-refractivity contribution in [2.45, 2.75) is 11.4 Å². The lowest BCUT2D eigenvalue weighted by Crippen LogP contribution is -2.36. The number of carbonyl (C=O) groups excluding carboxylic acids is 2. The molecule has 166 valence electrons. The average Bonchev–Trinajstić information content (AvgIpc) is 2.98. The zero-order valence-corrected chi connectivity index (χ0v) is 18.5. The second kappa shape index (κ2) is 8.40. The summed E-state index contributed by atoms with van der Waals surface area (Å²) in [5.41, 5.74) is 0.526. The summed E-state index contributed by atoms with van der Waals surface area (Å²) in [7, 11) is -2.50. The van der Waals surface area contributed by atoms with Crippen LogP contribution in [0.25, 0.3) is 10.8 Å². The van der Waals surface area contributed by atoms with Crippen molar-refractivity contribution in [2.75, 3.05) is 24.5 Å². The molecule has 7 nitrogen and oxygen atoms in total. The normalized spacial score (nSPS) is 13.9. The van der Waals surface area contributed by atoms with E-state index in [1.54, 1.807) is 30.3 Å². The van der Waals surface area contributed by atoms with Gasteiger partial charge in [0.1, 0.15) is 12.4 Å². The number of benzene rings is 3. The highest BCUT2D eigenvalue weighted by molar-refractivity contribution is 7.93. The number of amides is 1. The van der Waals surface area contributed by atoms with Crippen molar-refractivity contribution in [1.82, 2.24) is 4.90 Å². The van der Waals surface area contributed by atoms with Gasteiger partial charge in [0.25, 0.3) is 15.9 Å². The molecule has 0 unspecified atom stereocenters. The first-order valence-electron chi connectivity index (χ1n) is 9.57. The summed E-state index contributed by atoms with van der Waals surface area (Å²) in [6.45, 7) is -1.31. The van der Waals surface area contributed by atoms with Crippen molar-refractivity contribution in [3.8, 4) is 0 Å². The van der Waals surface area contributed by atoms with Crippen molar-refractivity contribution in [3.05, 3.63) is 71.0 Å². The summed E-state index contributed by atoms with van der Waals surface area (Å²) in [6, 6.07) is 14.2. The monoisotopic (exact) mass is 476 g/mol. The van der Waals surface area contributed by atoms with E-state index in [2.05, 4.69) is 0 Å². The average molecular weight is 477 g/mol. The van der Waals surface area contributed by atoms with Crippen LogP contribution in [0.5, 0.6) is 0 Å². The predicted octanol–water partition coefficient (Wildman–Crippen LogP) is 3.34. The van der Waals surface area contributed by atoms with Crippen LogP contribution in [0.1, 0.15) is 5.56 Å². The molecule has 0 N–H and O–H groups in total. The van der Waals surface area contributed by atoms with Gasteiger partial charge in [0.2, 0.25) is 0 Å². The third kappa shape index (κ3) is 3.89. The van der Waals surface area contributed by atoms with Gasteiger partial charge in [-0.1, -0.05) is 41.9 Å². The molecule has 0 bridgehead atoms. The molecule has 0 aliphatic carbocycles. The van der Waals surface area contributed by atoms with Crippen molar-refractivity contribution < 1.29 is 27.1 Å². The first-order chi connectivity index (χ1) is 15.2. The van der Waals surface area contributed by atoms with Crippen LogP contribution in [0.2, 0.25) is 5.02 Å². The number of rotatable bonds is 6. The fourth-order valence-corrected chi connectivity index (χ4v) is 5.43. The van der Waals surface area contributed by atoms with Crippen LogP contribution < -0.4 is 4.31 Å². The maximum atomic E-state index is 13.9. The second-order valence-corrected chi connectivity index (χ2v) is 9.49. The summed E-state index contributed by atoms with van der Waals surface area (Å²) in [5, 5.41) is 1.46. The topological polar surface area (TPSA) is 84.0 Å². The minimum absolute atomic E-state index is 0.111. The molecule has 3 aromatic rings. The molecular formula is C22H18ClFN2O5S. The van der Waals surface area contributed by atoms with Gasteiger partial charge in [-0.15, -0.1) is 0 Å². The highest BCUT2D eigenvalue weighted by Crippen LogP contribution is 2.41. The van der Waals surface area contributed by atoms with Crippen molar-refractivity contribution in [1.29, 1.82) is 0 Å². The maximum absolute atomic E-state index is 13.9. The molecule has 0 saturated carbocycles. The van der Waals surface area contributed by atoms with Gasteiger partial charge in [0, 0.05) is 29.6 Å². The van der Waals surface area contributed by atoms with Crippen molar-refractivity contribution in [2.24, 2.45) is 0 Å². The fraction of sp³-hybridized carbons (Fsp3) is 0.182. The molecule has 0 aromatic heterocycles. The summed E-state index contributed by atoms with van der Waals surface area (Å²) in [6.07, 6.45) is 0. The Morgan fingerprint density at radius 1 is 1.09 bits per heavy atom. The number of sulfonamides is 1. The number of ether oxygens (including phenoxy) is 1. The van der Waals surface area contributed by atoms with Crippen LogP contribution in [0.15, 0.2) is 59.5 Å². The number of hydrogen-bond acceptors (Lipinski definition) is 5. The number of anilines is 1. The van der Waals surface area contributed by atoms with Crippen molar-refractivity contribution in [3.63, 3.8) is 0 Å². The standard InChI is InChI=1S/C22H18ClFN2O5S/c1-25(11-15-16(23)7-4-8-17(15)24)20(27)13-31-21(28)12-26-18-9-2-5-14-6-3-10-19(22(14)18)32(26,29)30/h2-10H,11-13H2,1H3. The molecular weight excluding hydrogens is 459 g/mol. The highest BCUT2D eigenvalue weighted by Gasteiger charge is 2.37. The molecule has 4 rings (SSSR count). The van der Waals surface area contributed by atoms with Crippen LogP contribution in [-0.4, -0.2) is 45.4 Å². The number of hydrogen-bond donors (Lipinski definition) is 0. The number of nitrogens with zero attached hydrogens (tertiary/aromatic N) is 2. The quantitative estimate of drug-likeness (QED) is 0.509. The number of esters is 1. The minimum atomic E-state index is -3.92. The molecule has 0 spiro atoms. The molecule has 1 aliphatic heterocycles. The van der Waals surface area contributed by atoms with Crippen LogP contribution in [0.3, 0.4) is 0 Å². The van der Waals surface area contributed by atoms with E-state index in [1.165, 1.54) is 36.2 Å². The Bertz CT molecular complexity index is 1320. The minimum Gasteiger partial charge on any atom is -0.454 e. The van der Waals surface area contributed by atoms with Crippen LogP contribution in [0.4, 0.5) is 10.1 Å². The number of carbonyl (C=O) groups is 2. The van der Waals surface area contributed by atoms with E-state index in [0.29, 0.717) is 11.1 Å². The zero-order valence-electron chi connectivity index (χ0n) is 16.9. The van der Waals surface area contributed by atoms with E-state index >= 15 is 0 Å². The summed E-state index contributed by atoms with van der Waals surface area (Å²) >= 11 is 5.97. The van der Waals surface area contributed by atoms with E-state index in [1.807, 2.05) is 0 Å². The van der Waals surface area contributed by atoms with E-state index in [4.69, 9.17) is 16.3 Å². The van der Waals surface area contributed by atoms with Gasteiger partial charge in [-0.25, -0.2) is 12.8 Å². The summed E-state index contributed by atoms with van der Waals surface area (Å²) in [5.74, 6) is -2.03. The second-order valence-electron chi connectivity index (χ2n) is 7.25. The van der Waals surface area contributed by atoms with Crippen LogP contribution in [-0.2, 0) is 30.9 Å². The van der Waals surface area contributed by atoms with Gasteiger partial charge in [-0.05, 0) is 29.7 Å². The zero-order chi connectivity index (χ0) is 23.0. The lowest BCUT2D eigenvalue weighted by atomic mass is 10.1. The molecule has 1 amide bonds. The molecule has 0 atom stereocenters. The fourth-order valence-electron chi connectivity index (χ4n) is 3.55. The Morgan fingerprint density at radius 2 is 1.78 bits per heavy atom. The Morgan fingerprint density at radius 3 is 2.50 bits per heavy atom. The van der Waals surface area contributed by atoms with Gasteiger partial charge >= 0.3 is 5.97 Å². The summed E-state index contributed by atoms with van der Waals surface area (Å²) in [4.78, 5) is 26.0. The molecule has 3 aromatic carbocycles. The molecule has 32 heavy (non-hydrogen) atoms. The van der Waals surface area contributed by atoms with Gasteiger partial charge in [0.15, 0.2) is 6.61 Å². The van der Waals surface area contributed by atoms with E-state index < -0.39 is 40.9 Å². The molecule has 1 heterocycles. The SMILES string of the molecule is CN(Cc1c(F)cccc1Cl)C(=O)COC(=O)CN1c2cccc3cccc(c23)S1(=O)=O. The van der Waals surface area contributed by atoms with E-state index in [0.717, 1.165) is 9.69 Å². The molecule has 0 fully saturated rings. The predicted molar refractivity (Wildman–Crippen MR) is 117 cm³/mol. The third-order valence-electron chi connectivity index (χ3n) is 5.19. The van der Waals surface area contributed by atoms with E-state index in [9.17, 15) is 22.4 Å². The summed E-state index contributed by atoms with van der Waals surface area (Å²) < 4.78 is 45.7. The van der Waals surface area contributed by atoms with Gasteiger partial charge < -0.3 is 9.64 Å². The third-order valence-corrected chi connectivity index (χ3v) is 7.35. The molecule has 1 aliphatic rings. The van der Waals surface area contributed by atoms with Gasteiger partial charge in [-0.2, -0.15) is 0 Å². The Hall–Kier alpha value is -3.17. The van der Waals surface area contributed by atoms with Crippen LogP contribution >= 0.6 is 11.6 Å². The number of likely N-dealkylation sites (N-methyl/N-ethyl adjacent to an activating group) is 1. The smallest absolute Gasteiger partial charge is 0.327 e. The van der Waals surface area contributed by atoms with E-state index in [-0.39, 0.29) is 22.0 Å². The molecule has 0 saturated heterocycles. The largest absolute Gasteiger partial charge is 0.454 e. The Labute approximate surface area is 189 Å². The Kier molecular flexibility index (Phi) is 5.79. The lowest BCUT2D eigenvalue weighted by Gasteiger charge is -2.20. The first kappa shape index (κ1) is 22.0. The van der Waals surface area contributed by atoms with Crippen molar-refractivity contribution >= 4 is 50.0 Å². The highest BCUT2D eigenvalue weighted by atomic mass is 35.5. The van der Waals surface area contributed by atoms with Gasteiger partial charge in [-0.3, -0.25) is 13.9 Å². The number of halogens is 2.